The second-order valence-corrected chi connectivity index (χ2v) is 5.24. The van der Waals surface area contributed by atoms with Gasteiger partial charge in [0.15, 0.2) is 0 Å². The fraction of sp³-hybridized carbons (Fsp3) is 0.462. The van der Waals surface area contributed by atoms with Crippen LogP contribution in [-0.2, 0) is 19.9 Å². The van der Waals surface area contributed by atoms with E-state index in [0.717, 1.165) is 28.0 Å². The first kappa shape index (κ1) is 13.4. The van der Waals surface area contributed by atoms with Crippen molar-refractivity contribution in [2.24, 2.45) is 7.05 Å². The van der Waals surface area contributed by atoms with Crippen molar-refractivity contribution < 1.29 is 9.52 Å². The van der Waals surface area contributed by atoms with E-state index in [2.05, 4.69) is 21.0 Å². The third-order valence-electron chi connectivity index (χ3n) is 2.99. The molecule has 0 radical (unpaired) electrons. The molecule has 0 aromatic carbocycles. The summed E-state index contributed by atoms with van der Waals surface area (Å²) in [6, 6.07) is 3.79. The fourth-order valence-electron chi connectivity index (χ4n) is 1.99. The van der Waals surface area contributed by atoms with Crippen molar-refractivity contribution in [1.82, 2.24) is 9.78 Å². The minimum absolute atomic E-state index is 0.388. The van der Waals surface area contributed by atoms with Crippen LogP contribution in [0, 0.1) is 6.92 Å². The SMILES string of the molecule is Cc1nn(C)c(CC(O)CCc2ccco2)c1Br. The molecule has 5 heteroatoms. The highest BCUT2D eigenvalue weighted by Gasteiger charge is 2.15. The van der Waals surface area contributed by atoms with Crippen molar-refractivity contribution in [3.63, 3.8) is 0 Å². The van der Waals surface area contributed by atoms with E-state index in [-0.39, 0.29) is 6.10 Å². The Morgan fingerprint density at radius 3 is 2.89 bits per heavy atom. The number of furan rings is 1. The molecule has 0 aliphatic carbocycles. The molecule has 0 saturated carbocycles. The lowest BCUT2D eigenvalue weighted by Gasteiger charge is -2.10. The number of aryl methyl sites for hydroxylation is 3. The summed E-state index contributed by atoms with van der Waals surface area (Å²) in [7, 11) is 1.90. The van der Waals surface area contributed by atoms with Gasteiger partial charge in [0.05, 0.1) is 28.2 Å². The summed E-state index contributed by atoms with van der Waals surface area (Å²) >= 11 is 3.51. The van der Waals surface area contributed by atoms with Crippen LogP contribution in [-0.4, -0.2) is 21.0 Å². The van der Waals surface area contributed by atoms with Gasteiger partial charge in [0.1, 0.15) is 5.76 Å². The van der Waals surface area contributed by atoms with E-state index in [1.54, 1.807) is 6.26 Å². The van der Waals surface area contributed by atoms with Gasteiger partial charge in [-0.2, -0.15) is 5.10 Å². The van der Waals surface area contributed by atoms with Crippen molar-refractivity contribution in [3.05, 3.63) is 40.0 Å². The van der Waals surface area contributed by atoms with E-state index in [1.165, 1.54) is 0 Å². The predicted molar refractivity (Wildman–Crippen MR) is 72.4 cm³/mol. The van der Waals surface area contributed by atoms with E-state index in [1.807, 2.05) is 30.8 Å². The summed E-state index contributed by atoms with van der Waals surface area (Å²) in [4.78, 5) is 0. The third kappa shape index (κ3) is 3.03. The molecule has 4 nitrogen and oxygen atoms in total. The van der Waals surface area contributed by atoms with Gasteiger partial charge in [-0.25, -0.2) is 0 Å². The van der Waals surface area contributed by atoms with Crippen molar-refractivity contribution in [1.29, 1.82) is 0 Å². The molecule has 0 saturated heterocycles. The molecule has 18 heavy (non-hydrogen) atoms. The zero-order valence-corrected chi connectivity index (χ0v) is 12.1. The Bertz CT molecular complexity index is 505. The molecule has 2 aromatic heterocycles. The highest BCUT2D eigenvalue weighted by molar-refractivity contribution is 9.10. The summed E-state index contributed by atoms with van der Waals surface area (Å²) in [5.74, 6) is 0.911. The average Bonchev–Trinajstić information content (AvgIpc) is 2.92. The Morgan fingerprint density at radius 1 is 1.56 bits per heavy atom. The van der Waals surface area contributed by atoms with Gasteiger partial charge in [0.2, 0.25) is 0 Å². The topological polar surface area (TPSA) is 51.2 Å². The van der Waals surface area contributed by atoms with E-state index in [9.17, 15) is 5.11 Å². The zero-order valence-electron chi connectivity index (χ0n) is 10.6. The van der Waals surface area contributed by atoms with Gasteiger partial charge in [-0.15, -0.1) is 0 Å². The van der Waals surface area contributed by atoms with E-state index in [4.69, 9.17) is 4.42 Å². The number of hydrogen-bond acceptors (Lipinski definition) is 3. The minimum Gasteiger partial charge on any atom is -0.469 e. The normalized spacial score (nSPS) is 12.9. The lowest BCUT2D eigenvalue weighted by molar-refractivity contribution is 0.160. The highest BCUT2D eigenvalue weighted by atomic mass is 79.9. The van der Waals surface area contributed by atoms with Gasteiger partial charge >= 0.3 is 0 Å². The second kappa shape index (κ2) is 5.71. The second-order valence-electron chi connectivity index (χ2n) is 4.45. The van der Waals surface area contributed by atoms with Gasteiger partial charge in [0.25, 0.3) is 0 Å². The van der Waals surface area contributed by atoms with Gasteiger partial charge in [-0.05, 0) is 41.4 Å². The summed E-state index contributed by atoms with van der Waals surface area (Å²) in [6.07, 6.45) is 3.30. The largest absolute Gasteiger partial charge is 0.469 e. The fourth-order valence-corrected chi connectivity index (χ4v) is 2.49. The molecule has 2 rings (SSSR count). The molecule has 0 bridgehead atoms. The average molecular weight is 313 g/mol. The first-order valence-corrected chi connectivity index (χ1v) is 6.75. The number of aliphatic hydroxyl groups excluding tert-OH is 1. The van der Waals surface area contributed by atoms with Gasteiger partial charge in [0, 0.05) is 19.9 Å². The Balaban J connectivity index is 1.92. The third-order valence-corrected chi connectivity index (χ3v) is 4.03. The van der Waals surface area contributed by atoms with E-state index >= 15 is 0 Å². The molecule has 98 valence electrons. The van der Waals surface area contributed by atoms with Crippen molar-refractivity contribution in [2.45, 2.75) is 32.3 Å². The summed E-state index contributed by atoms with van der Waals surface area (Å²) in [6.45, 7) is 1.95. The Labute approximate surface area is 115 Å². The Kier molecular flexibility index (Phi) is 4.24. The minimum atomic E-state index is -0.388. The molecule has 1 N–H and O–H groups in total. The monoisotopic (exact) mass is 312 g/mol. The van der Waals surface area contributed by atoms with Crippen LogP contribution in [0.3, 0.4) is 0 Å². The molecule has 1 unspecified atom stereocenters. The van der Waals surface area contributed by atoms with E-state index < -0.39 is 0 Å². The maximum atomic E-state index is 10.1. The lowest BCUT2D eigenvalue weighted by Crippen LogP contribution is -2.14. The number of aliphatic hydroxyl groups is 1. The van der Waals surface area contributed by atoms with Crippen LogP contribution < -0.4 is 0 Å². The predicted octanol–water partition coefficient (Wildman–Crippen LogP) is 2.62. The number of halogens is 1. The standard InChI is InChI=1S/C13H17BrN2O2/c1-9-13(14)12(16(2)15-9)8-10(17)5-6-11-4-3-7-18-11/h3-4,7,10,17H,5-6,8H2,1-2H3. The van der Waals surface area contributed by atoms with Crippen LogP contribution in [0.15, 0.2) is 27.3 Å². The van der Waals surface area contributed by atoms with Crippen molar-refractivity contribution in [2.75, 3.05) is 0 Å². The van der Waals surface area contributed by atoms with E-state index in [0.29, 0.717) is 12.8 Å². The number of hydrogen-bond donors (Lipinski definition) is 1. The van der Waals surface area contributed by atoms with Crippen LogP contribution >= 0.6 is 15.9 Å². The molecular weight excluding hydrogens is 296 g/mol. The molecule has 0 spiro atoms. The van der Waals surface area contributed by atoms with Gasteiger partial charge in [-0.3, -0.25) is 4.68 Å². The molecule has 1 atom stereocenters. The van der Waals surface area contributed by atoms with Crippen LogP contribution in [0.2, 0.25) is 0 Å². The molecule has 0 amide bonds. The summed E-state index contributed by atoms with van der Waals surface area (Å²) < 4.78 is 8.05. The van der Waals surface area contributed by atoms with Crippen LogP contribution in [0.5, 0.6) is 0 Å². The van der Waals surface area contributed by atoms with Crippen molar-refractivity contribution in [3.8, 4) is 0 Å². The molecular formula is C13H17BrN2O2. The summed E-state index contributed by atoms with van der Waals surface area (Å²) in [5.41, 5.74) is 1.98. The first-order valence-electron chi connectivity index (χ1n) is 5.96. The van der Waals surface area contributed by atoms with Gasteiger partial charge in [-0.1, -0.05) is 0 Å². The zero-order chi connectivity index (χ0) is 13.1. The summed E-state index contributed by atoms with van der Waals surface area (Å²) in [5, 5.41) is 14.4. The molecule has 0 aliphatic heterocycles. The smallest absolute Gasteiger partial charge is 0.103 e. The molecule has 0 fully saturated rings. The van der Waals surface area contributed by atoms with Crippen LogP contribution in [0.1, 0.15) is 23.6 Å². The lowest BCUT2D eigenvalue weighted by atomic mass is 10.1. The maximum Gasteiger partial charge on any atom is 0.103 e. The quantitative estimate of drug-likeness (QED) is 0.923. The molecule has 2 heterocycles. The molecule has 0 aliphatic rings. The van der Waals surface area contributed by atoms with Gasteiger partial charge < -0.3 is 9.52 Å². The Morgan fingerprint density at radius 2 is 2.33 bits per heavy atom. The Hall–Kier alpha value is -1.07. The maximum absolute atomic E-state index is 10.1. The number of rotatable bonds is 5. The van der Waals surface area contributed by atoms with Crippen LogP contribution in [0.25, 0.3) is 0 Å². The van der Waals surface area contributed by atoms with Crippen molar-refractivity contribution >= 4 is 15.9 Å². The number of aromatic nitrogens is 2. The first-order chi connectivity index (χ1) is 8.58. The highest BCUT2D eigenvalue weighted by Crippen LogP contribution is 2.22. The number of nitrogens with zero attached hydrogens (tertiary/aromatic N) is 2. The molecule has 2 aromatic rings. The van der Waals surface area contributed by atoms with Crippen LogP contribution in [0.4, 0.5) is 0 Å².